The highest BCUT2D eigenvalue weighted by Gasteiger charge is 2.17. The second-order valence-electron chi connectivity index (χ2n) is 9.25. The Morgan fingerprint density at radius 1 is 0.825 bits per heavy atom. The molecule has 0 spiro atoms. The monoisotopic (exact) mass is 568 g/mol. The maximum Gasteiger partial charge on any atom is 0.254 e. The van der Waals surface area contributed by atoms with Crippen LogP contribution in [0.4, 0.5) is 5.82 Å². The summed E-state index contributed by atoms with van der Waals surface area (Å²) in [6.07, 6.45) is 4.42. The quantitative estimate of drug-likeness (QED) is 0.0682. The molecule has 0 atom stereocenters. The summed E-state index contributed by atoms with van der Waals surface area (Å²) in [7, 11) is 0. The molecule has 5 nitrogen and oxygen atoms in total. The molecule has 0 saturated carbocycles. The fourth-order valence-corrected chi connectivity index (χ4v) is 5.30. The second-order valence-corrected chi connectivity index (χ2v) is 10.6. The van der Waals surface area contributed by atoms with Crippen LogP contribution in [0.15, 0.2) is 121 Å². The van der Waals surface area contributed by atoms with E-state index in [0.717, 1.165) is 23.4 Å². The number of hydrogen-bond acceptors (Lipinski definition) is 5. The molecular formula is C33H33ClN4OS. The van der Waals surface area contributed by atoms with Crippen molar-refractivity contribution >= 4 is 35.1 Å². The van der Waals surface area contributed by atoms with Crippen molar-refractivity contribution in [3.8, 4) is 0 Å². The van der Waals surface area contributed by atoms with Crippen LogP contribution in [0.2, 0.25) is 5.15 Å². The molecule has 4 aromatic rings. The molecule has 0 saturated heterocycles. The van der Waals surface area contributed by atoms with Crippen molar-refractivity contribution in [2.75, 3.05) is 24.5 Å². The molecule has 0 bridgehead atoms. The fraction of sp³-hybridized carbons (Fsp3) is 0.182. The summed E-state index contributed by atoms with van der Waals surface area (Å²) in [4.78, 5) is 26.8. The van der Waals surface area contributed by atoms with E-state index < -0.39 is 0 Å². The molecule has 0 fully saturated rings. The van der Waals surface area contributed by atoms with Crippen molar-refractivity contribution in [2.24, 2.45) is 0 Å². The van der Waals surface area contributed by atoms with Gasteiger partial charge in [0.1, 0.15) is 11.0 Å². The summed E-state index contributed by atoms with van der Waals surface area (Å²) in [6, 6.07) is 29.9. The Labute approximate surface area is 246 Å². The lowest BCUT2D eigenvalue weighted by atomic mass is 10.1. The Morgan fingerprint density at radius 3 is 2.15 bits per heavy atom. The molecule has 1 heterocycles. The molecule has 0 aliphatic carbocycles. The molecule has 40 heavy (non-hydrogen) atoms. The first-order chi connectivity index (χ1) is 19.6. The van der Waals surface area contributed by atoms with Gasteiger partial charge < -0.3 is 9.80 Å². The molecule has 0 radical (unpaired) electrons. The van der Waals surface area contributed by atoms with Crippen LogP contribution < -0.4 is 4.90 Å². The highest BCUT2D eigenvalue weighted by atomic mass is 35.5. The zero-order chi connectivity index (χ0) is 28.2. The number of aromatic nitrogens is 2. The van der Waals surface area contributed by atoms with E-state index in [0.29, 0.717) is 47.8 Å². The maximum absolute atomic E-state index is 13.7. The van der Waals surface area contributed by atoms with Crippen LogP contribution in [0.25, 0.3) is 0 Å². The van der Waals surface area contributed by atoms with Gasteiger partial charge in [0.15, 0.2) is 5.16 Å². The number of hydrogen-bond donors (Lipinski definition) is 0. The smallest absolute Gasteiger partial charge is 0.254 e. The lowest BCUT2D eigenvalue weighted by molar-refractivity contribution is 0.0745. The number of benzene rings is 3. The highest BCUT2D eigenvalue weighted by molar-refractivity contribution is 7.98. The van der Waals surface area contributed by atoms with E-state index in [4.69, 9.17) is 16.6 Å². The predicted octanol–water partition coefficient (Wildman–Crippen LogP) is 7.49. The largest absolute Gasteiger partial charge is 0.349 e. The average molecular weight is 569 g/mol. The van der Waals surface area contributed by atoms with E-state index in [9.17, 15) is 4.79 Å². The van der Waals surface area contributed by atoms with Gasteiger partial charge in [-0.05, 0) is 35.2 Å². The van der Waals surface area contributed by atoms with E-state index in [-0.39, 0.29) is 5.91 Å². The van der Waals surface area contributed by atoms with Crippen molar-refractivity contribution in [1.29, 1.82) is 0 Å². The fourth-order valence-electron chi connectivity index (χ4n) is 4.27. The van der Waals surface area contributed by atoms with Crippen molar-refractivity contribution in [3.63, 3.8) is 0 Å². The SMILES string of the molecule is C=CCN(CC=C)c1cc(Cl)nc(SCc2cccc(C(=O)N(CCc3ccccc3)Cc3ccccc3)c2)n1. The molecule has 1 aromatic heterocycles. The zero-order valence-corrected chi connectivity index (χ0v) is 24.0. The molecule has 1 amide bonds. The zero-order valence-electron chi connectivity index (χ0n) is 22.5. The molecule has 204 valence electrons. The van der Waals surface area contributed by atoms with Gasteiger partial charge in [-0.3, -0.25) is 4.79 Å². The van der Waals surface area contributed by atoms with E-state index in [1.165, 1.54) is 17.3 Å². The minimum absolute atomic E-state index is 0.0115. The molecule has 7 heteroatoms. The minimum Gasteiger partial charge on any atom is -0.349 e. The van der Waals surface area contributed by atoms with Crippen molar-refractivity contribution in [3.05, 3.63) is 144 Å². The van der Waals surface area contributed by atoms with Crippen LogP contribution >= 0.6 is 23.4 Å². The molecule has 0 N–H and O–H groups in total. The average Bonchev–Trinajstić information content (AvgIpc) is 2.98. The predicted molar refractivity (Wildman–Crippen MR) is 167 cm³/mol. The summed E-state index contributed by atoms with van der Waals surface area (Å²) < 4.78 is 0. The van der Waals surface area contributed by atoms with E-state index in [2.05, 4.69) is 42.4 Å². The van der Waals surface area contributed by atoms with Crippen LogP contribution in [-0.4, -0.2) is 40.4 Å². The van der Waals surface area contributed by atoms with Gasteiger partial charge in [0.2, 0.25) is 0 Å². The van der Waals surface area contributed by atoms with Crippen LogP contribution in [-0.2, 0) is 18.7 Å². The molecule has 0 aliphatic heterocycles. The molecule has 0 aliphatic rings. The normalized spacial score (nSPS) is 10.6. The van der Waals surface area contributed by atoms with Crippen LogP contribution in [0.5, 0.6) is 0 Å². The van der Waals surface area contributed by atoms with Gasteiger partial charge in [0.25, 0.3) is 5.91 Å². The summed E-state index contributed by atoms with van der Waals surface area (Å²) in [5.74, 6) is 1.34. The standard InChI is InChI=1S/C33H33ClN4OS/c1-3-19-37(20-4-2)31-23-30(34)35-33(36-31)40-25-28-16-11-17-29(22-28)32(39)38(24-27-14-9-6-10-15-27)21-18-26-12-7-5-8-13-26/h3-17,22-23H,1-2,18-21,24-25H2. The Hall–Kier alpha value is -3.87. The number of carbonyl (C=O) groups excluding carboxylic acids is 1. The van der Waals surface area contributed by atoms with Crippen molar-refractivity contribution in [1.82, 2.24) is 14.9 Å². The van der Waals surface area contributed by atoms with E-state index in [1.54, 1.807) is 6.07 Å². The Kier molecular flexibility index (Phi) is 11.0. The van der Waals surface area contributed by atoms with E-state index in [1.807, 2.05) is 82.6 Å². The maximum atomic E-state index is 13.7. The topological polar surface area (TPSA) is 49.3 Å². The van der Waals surface area contributed by atoms with Crippen molar-refractivity contribution in [2.45, 2.75) is 23.9 Å². The third-order valence-corrected chi connectivity index (χ3v) is 7.35. The summed E-state index contributed by atoms with van der Waals surface area (Å²) >= 11 is 7.81. The number of anilines is 1. The lowest BCUT2D eigenvalue weighted by Gasteiger charge is -2.23. The van der Waals surface area contributed by atoms with E-state index >= 15 is 0 Å². The first-order valence-electron chi connectivity index (χ1n) is 13.2. The van der Waals surface area contributed by atoms with Crippen LogP contribution in [0.3, 0.4) is 0 Å². The third-order valence-electron chi connectivity index (χ3n) is 6.24. The lowest BCUT2D eigenvalue weighted by Crippen LogP contribution is -2.32. The van der Waals surface area contributed by atoms with Gasteiger partial charge in [-0.15, -0.1) is 13.2 Å². The van der Waals surface area contributed by atoms with Gasteiger partial charge in [0, 0.05) is 43.6 Å². The number of thioether (sulfide) groups is 1. The highest BCUT2D eigenvalue weighted by Crippen LogP contribution is 2.25. The summed E-state index contributed by atoms with van der Waals surface area (Å²) in [5.41, 5.74) is 3.99. The first-order valence-corrected chi connectivity index (χ1v) is 14.5. The number of halogens is 1. The first kappa shape index (κ1) is 29.1. The van der Waals surface area contributed by atoms with Gasteiger partial charge in [-0.2, -0.15) is 0 Å². The molecule has 3 aromatic carbocycles. The number of nitrogens with zero attached hydrogens (tertiary/aromatic N) is 4. The number of carbonyl (C=O) groups is 1. The molecule has 4 rings (SSSR count). The van der Waals surface area contributed by atoms with Crippen LogP contribution in [0, 0.1) is 0 Å². The minimum atomic E-state index is 0.0115. The number of rotatable bonds is 14. The molecular weight excluding hydrogens is 536 g/mol. The van der Waals surface area contributed by atoms with Gasteiger partial charge in [-0.1, -0.05) is 108 Å². The third kappa shape index (κ3) is 8.57. The summed E-state index contributed by atoms with van der Waals surface area (Å²) in [5, 5.41) is 0.954. The van der Waals surface area contributed by atoms with Crippen molar-refractivity contribution < 1.29 is 4.79 Å². The second kappa shape index (κ2) is 15.1. The van der Waals surface area contributed by atoms with Gasteiger partial charge >= 0.3 is 0 Å². The summed E-state index contributed by atoms with van der Waals surface area (Å²) in [6.45, 7) is 10.1. The molecule has 0 unspecified atom stereocenters. The Morgan fingerprint density at radius 2 is 1.48 bits per heavy atom. The Balaban J connectivity index is 1.48. The Bertz CT molecular complexity index is 1400. The number of amides is 1. The van der Waals surface area contributed by atoms with Gasteiger partial charge in [-0.25, -0.2) is 9.97 Å². The van der Waals surface area contributed by atoms with Crippen LogP contribution in [0.1, 0.15) is 27.0 Å². The van der Waals surface area contributed by atoms with Gasteiger partial charge in [0.05, 0.1) is 0 Å².